The summed E-state index contributed by atoms with van der Waals surface area (Å²) < 4.78 is 41.2. The lowest BCUT2D eigenvalue weighted by atomic mass is 10.1. The zero-order valence-electron chi connectivity index (χ0n) is 18.9. The highest BCUT2D eigenvalue weighted by Crippen LogP contribution is 2.32. The van der Waals surface area contributed by atoms with Crippen molar-refractivity contribution in [2.45, 2.75) is 6.92 Å². The van der Waals surface area contributed by atoms with E-state index < -0.39 is 11.6 Å². The molecule has 0 saturated carbocycles. The largest absolute Gasteiger partial charge is 0.494 e. The fourth-order valence-corrected chi connectivity index (χ4v) is 4.04. The van der Waals surface area contributed by atoms with Gasteiger partial charge in [0.15, 0.2) is 23.0 Å². The van der Waals surface area contributed by atoms with Crippen LogP contribution in [0, 0.1) is 11.6 Å². The molecule has 1 amide bonds. The SMILES string of the molecule is CCOCCNC(=O)c1ccc(Nc2nccn3c(-c4ccc(OC)c(F)c4F)cnc23)cc1Br. The second kappa shape index (κ2) is 10.8. The Bertz CT molecular complexity index is 1380. The third-order valence-electron chi connectivity index (χ3n) is 5.18. The summed E-state index contributed by atoms with van der Waals surface area (Å²) in [7, 11) is 1.27. The van der Waals surface area contributed by atoms with Crippen LogP contribution < -0.4 is 15.4 Å². The smallest absolute Gasteiger partial charge is 0.252 e. The van der Waals surface area contributed by atoms with Crippen LogP contribution in [0.1, 0.15) is 17.3 Å². The number of carbonyl (C=O) groups excluding carboxylic acids is 1. The summed E-state index contributed by atoms with van der Waals surface area (Å²) in [6.07, 6.45) is 4.57. The zero-order chi connectivity index (χ0) is 24.9. The third-order valence-corrected chi connectivity index (χ3v) is 5.84. The highest BCUT2D eigenvalue weighted by Gasteiger charge is 2.19. The highest BCUT2D eigenvalue weighted by atomic mass is 79.9. The number of benzene rings is 2. The van der Waals surface area contributed by atoms with Gasteiger partial charge in [0.25, 0.3) is 5.91 Å². The number of carbonyl (C=O) groups is 1. The van der Waals surface area contributed by atoms with Crippen molar-refractivity contribution in [2.24, 2.45) is 0 Å². The number of nitrogens with one attached hydrogen (secondary N) is 2. The molecule has 4 aromatic rings. The zero-order valence-corrected chi connectivity index (χ0v) is 20.5. The molecule has 182 valence electrons. The van der Waals surface area contributed by atoms with Gasteiger partial charge in [0.1, 0.15) is 0 Å². The minimum absolute atomic E-state index is 0.0374. The van der Waals surface area contributed by atoms with Gasteiger partial charge in [-0.2, -0.15) is 4.39 Å². The van der Waals surface area contributed by atoms with Crippen LogP contribution in [0.15, 0.2) is 53.4 Å². The van der Waals surface area contributed by atoms with Gasteiger partial charge >= 0.3 is 0 Å². The number of hydrogen-bond donors (Lipinski definition) is 2. The number of amides is 1. The molecule has 0 aliphatic heterocycles. The summed E-state index contributed by atoms with van der Waals surface area (Å²) in [5, 5.41) is 5.96. The van der Waals surface area contributed by atoms with E-state index in [1.165, 1.54) is 31.6 Å². The van der Waals surface area contributed by atoms with Crippen molar-refractivity contribution in [1.82, 2.24) is 19.7 Å². The Morgan fingerprint density at radius 3 is 2.74 bits per heavy atom. The van der Waals surface area contributed by atoms with Gasteiger partial charge in [0, 0.05) is 41.3 Å². The quantitative estimate of drug-likeness (QED) is 0.289. The molecule has 35 heavy (non-hydrogen) atoms. The molecule has 0 aliphatic carbocycles. The first-order chi connectivity index (χ1) is 16.9. The second-order valence-corrected chi connectivity index (χ2v) is 8.18. The standard InChI is InChI=1S/C24H22BrF2N5O3/c1-3-35-11-9-29-24(33)15-5-4-14(12-17(15)25)31-22-23-30-13-18(32(23)10-8-28-22)16-6-7-19(34-2)21(27)20(16)26/h4-8,10,12-13H,3,9,11H2,1-2H3,(H,28,31)(H,29,33). The lowest BCUT2D eigenvalue weighted by Gasteiger charge is -2.11. The fourth-order valence-electron chi connectivity index (χ4n) is 3.48. The number of rotatable bonds is 9. The predicted octanol–water partition coefficient (Wildman–Crippen LogP) is 4.96. The van der Waals surface area contributed by atoms with E-state index in [-0.39, 0.29) is 17.2 Å². The van der Waals surface area contributed by atoms with Gasteiger partial charge in [-0.15, -0.1) is 0 Å². The van der Waals surface area contributed by atoms with E-state index in [9.17, 15) is 13.6 Å². The first-order valence-electron chi connectivity index (χ1n) is 10.7. The minimum atomic E-state index is -1.07. The van der Waals surface area contributed by atoms with E-state index in [1.54, 1.807) is 28.8 Å². The Hall–Kier alpha value is -3.57. The van der Waals surface area contributed by atoms with Crippen LogP contribution in [0.3, 0.4) is 0 Å². The third kappa shape index (κ3) is 5.10. The van der Waals surface area contributed by atoms with Gasteiger partial charge in [0.05, 0.1) is 31.2 Å². The van der Waals surface area contributed by atoms with Gasteiger partial charge in [-0.3, -0.25) is 9.20 Å². The van der Waals surface area contributed by atoms with Crippen molar-refractivity contribution >= 4 is 39.0 Å². The van der Waals surface area contributed by atoms with Crippen molar-refractivity contribution < 1.29 is 23.0 Å². The number of nitrogens with zero attached hydrogens (tertiary/aromatic N) is 3. The maximum absolute atomic E-state index is 14.7. The molecule has 2 N–H and O–H groups in total. The minimum Gasteiger partial charge on any atom is -0.494 e. The van der Waals surface area contributed by atoms with Crippen molar-refractivity contribution in [3.63, 3.8) is 0 Å². The van der Waals surface area contributed by atoms with Crippen molar-refractivity contribution in [3.8, 4) is 17.0 Å². The first-order valence-corrected chi connectivity index (χ1v) is 11.5. The number of methoxy groups -OCH3 is 1. The molecule has 4 rings (SSSR count). The Kier molecular flexibility index (Phi) is 7.57. The normalized spacial score (nSPS) is 11.0. The number of ether oxygens (including phenoxy) is 2. The molecule has 0 bridgehead atoms. The second-order valence-electron chi connectivity index (χ2n) is 7.33. The molecular formula is C24H22BrF2N5O3. The van der Waals surface area contributed by atoms with Crippen molar-refractivity contribution in [3.05, 3.63) is 70.6 Å². The van der Waals surface area contributed by atoms with Crippen LogP contribution in [0.25, 0.3) is 16.9 Å². The number of fused-ring (bicyclic) bond motifs is 1. The van der Waals surface area contributed by atoms with Crippen LogP contribution in [-0.2, 0) is 4.74 Å². The molecule has 0 saturated heterocycles. The van der Waals surface area contributed by atoms with E-state index in [2.05, 4.69) is 36.5 Å². The van der Waals surface area contributed by atoms with Crippen molar-refractivity contribution in [1.29, 1.82) is 0 Å². The lowest BCUT2D eigenvalue weighted by molar-refractivity contribution is 0.0922. The average molecular weight is 546 g/mol. The molecule has 0 radical (unpaired) electrons. The number of hydrogen-bond acceptors (Lipinski definition) is 6. The molecule has 8 nitrogen and oxygen atoms in total. The summed E-state index contributed by atoms with van der Waals surface area (Å²) >= 11 is 3.43. The van der Waals surface area contributed by atoms with Gasteiger partial charge in [0.2, 0.25) is 5.82 Å². The molecule has 0 atom stereocenters. The van der Waals surface area contributed by atoms with E-state index in [0.29, 0.717) is 52.6 Å². The Labute approximate surface area is 208 Å². The van der Waals surface area contributed by atoms with E-state index in [0.717, 1.165) is 0 Å². The average Bonchev–Trinajstić information content (AvgIpc) is 3.28. The van der Waals surface area contributed by atoms with Crippen molar-refractivity contribution in [2.75, 3.05) is 32.2 Å². The molecular weight excluding hydrogens is 524 g/mol. The maximum atomic E-state index is 14.7. The number of halogens is 3. The molecule has 2 aromatic carbocycles. The van der Waals surface area contributed by atoms with Crippen LogP contribution in [0.5, 0.6) is 5.75 Å². The molecule has 0 spiro atoms. The van der Waals surface area contributed by atoms with Crippen LogP contribution in [-0.4, -0.2) is 47.1 Å². The summed E-state index contributed by atoms with van der Waals surface area (Å²) in [6, 6.07) is 7.94. The van der Waals surface area contributed by atoms with Gasteiger partial charge in [-0.25, -0.2) is 14.4 Å². The van der Waals surface area contributed by atoms with E-state index >= 15 is 0 Å². The van der Waals surface area contributed by atoms with Gasteiger partial charge in [-0.05, 0) is 53.2 Å². The summed E-state index contributed by atoms with van der Waals surface area (Å²) in [6.45, 7) is 3.33. The Morgan fingerprint density at radius 1 is 1.17 bits per heavy atom. The molecule has 0 aliphatic rings. The first kappa shape index (κ1) is 24.6. The lowest BCUT2D eigenvalue weighted by Crippen LogP contribution is -2.27. The molecule has 2 heterocycles. The van der Waals surface area contributed by atoms with Gasteiger partial charge in [-0.1, -0.05) is 0 Å². The summed E-state index contributed by atoms with van der Waals surface area (Å²) in [4.78, 5) is 21.1. The van der Waals surface area contributed by atoms with Crippen LogP contribution in [0.2, 0.25) is 0 Å². The predicted molar refractivity (Wildman–Crippen MR) is 131 cm³/mol. The Balaban J connectivity index is 1.58. The fraction of sp³-hybridized carbons (Fsp3) is 0.208. The molecule has 0 unspecified atom stereocenters. The van der Waals surface area contributed by atoms with Crippen LogP contribution in [0.4, 0.5) is 20.3 Å². The molecule has 2 aromatic heterocycles. The van der Waals surface area contributed by atoms with E-state index in [4.69, 9.17) is 9.47 Å². The summed E-state index contributed by atoms with van der Waals surface area (Å²) in [5.41, 5.74) is 1.92. The maximum Gasteiger partial charge on any atom is 0.252 e. The number of anilines is 2. The van der Waals surface area contributed by atoms with Crippen LogP contribution >= 0.6 is 15.9 Å². The Morgan fingerprint density at radius 2 is 2.00 bits per heavy atom. The number of aromatic nitrogens is 3. The highest BCUT2D eigenvalue weighted by molar-refractivity contribution is 9.10. The topological polar surface area (TPSA) is 89.8 Å². The monoisotopic (exact) mass is 545 g/mol. The molecule has 0 fully saturated rings. The molecule has 11 heteroatoms. The number of imidazole rings is 1. The summed E-state index contributed by atoms with van der Waals surface area (Å²) in [5.74, 6) is -2.11. The van der Waals surface area contributed by atoms with Gasteiger partial charge < -0.3 is 20.1 Å². The van der Waals surface area contributed by atoms with E-state index in [1.807, 2.05) is 6.92 Å².